The molecule has 0 amide bonds. The Labute approximate surface area is 158 Å². The summed E-state index contributed by atoms with van der Waals surface area (Å²) in [5.41, 5.74) is 2.78. The number of ether oxygens (including phenoxy) is 2. The molecule has 0 fully saturated rings. The minimum atomic E-state index is 0.544. The number of benzene rings is 2. The van der Waals surface area contributed by atoms with Crippen LogP contribution in [-0.2, 0) is 6.54 Å². The number of nitrogens with zero attached hydrogens (tertiary/aromatic N) is 1. The topological polar surface area (TPSA) is 55.4 Å². The van der Waals surface area contributed by atoms with E-state index in [0.29, 0.717) is 18.3 Å². The lowest BCUT2D eigenvalue weighted by Crippen LogP contribution is -2.28. The summed E-state index contributed by atoms with van der Waals surface area (Å²) in [5.74, 6) is 1.59. The van der Waals surface area contributed by atoms with E-state index in [-0.39, 0.29) is 0 Å². The minimum Gasteiger partial charge on any atom is -0.494 e. The fraction of sp³-hybridized carbons (Fsp3) is 0.200. The first-order valence-corrected chi connectivity index (χ1v) is 8.80. The molecule has 0 aliphatic heterocycles. The van der Waals surface area contributed by atoms with Gasteiger partial charge in [-0.1, -0.05) is 12.1 Å². The van der Waals surface area contributed by atoms with Crippen molar-refractivity contribution in [2.24, 2.45) is 0 Å². The maximum atomic E-state index is 5.52. The number of methoxy groups -OCH3 is 1. The molecule has 0 atom stereocenters. The van der Waals surface area contributed by atoms with Crippen molar-refractivity contribution in [3.63, 3.8) is 0 Å². The highest BCUT2D eigenvalue weighted by molar-refractivity contribution is 7.80. The number of hydrogen-bond acceptors (Lipinski definition) is 4. The van der Waals surface area contributed by atoms with Crippen LogP contribution in [0.2, 0.25) is 0 Å². The van der Waals surface area contributed by atoms with E-state index in [1.165, 1.54) is 0 Å². The van der Waals surface area contributed by atoms with E-state index in [4.69, 9.17) is 21.7 Å². The van der Waals surface area contributed by atoms with Crippen LogP contribution in [0.15, 0.2) is 54.7 Å². The Bertz CT molecular complexity index is 914. The molecule has 0 unspecified atom stereocenters. The lowest BCUT2D eigenvalue weighted by Gasteiger charge is -2.14. The van der Waals surface area contributed by atoms with Crippen LogP contribution < -0.4 is 20.1 Å². The minimum absolute atomic E-state index is 0.544. The van der Waals surface area contributed by atoms with Crippen LogP contribution in [0.3, 0.4) is 0 Å². The van der Waals surface area contributed by atoms with Gasteiger partial charge in [0.25, 0.3) is 0 Å². The quantitative estimate of drug-likeness (QED) is 0.639. The Morgan fingerprint density at radius 2 is 2.04 bits per heavy atom. The van der Waals surface area contributed by atoms with Crippen molar-refractivity contribution in [1.82, 2.24) is 10.3 Å². The maximum Gasteiger partial charge on any atom is 0.171 e. The van der Waals surface area contributed by atoms with Crippen molar-refractivity contribution in [1.29, 1.82) is 0 Å². The zero-order valence-electron chi connectivity index (χ0n) is 14.8. The lowest BCUT2D eigenvalue weighted by atomic mass is 10.1. The molecule has 3 aromatic rings. The van der Waals surface area contributed by atoms with Gasteiger partial charge in [-0.25, -0.2) is 0 Å². The Hall–Kier alpha value is -2.86. The van der Waals surface area contributed by atoms with Crippen LogP contribution in [0.5, 0.6) is 11.5 Å². The van der Waals surface area contributed by atoms with Crippen molar-refractivity contribution >= 4 is 33.9 Å². The smallest absolute Gasteiger partial charge is 0.171 e. The molecule has 2 N–H and O–H groups in total. The molecule has 134 valence electrons. The Morgan fingerprint density at radius 3 is 2.85 bits per heavy atom. The van der Waals surface area contributed by atoms with E-state index in [2.05, 4.69) is 15.6 Å². The SMILES string of the molecule is CCOc1cccc(CNC(=S)Nc2ccc(OC)c3ncccc23)c1. The summed E-state index contributed by atoms with van der Waals surface area (Å²) in [4.78, 5) is 4.40. The summed E-state index contributed by atoms with van der Waals surface area (Å²) < 4.78 is 10.9. The van der Waals surface area contributed by atoms with Gasteiger partial charge in [-0.2, -0.15) is 0 Å². The van der Waals surface area contributed by atoms with Gasteiger partial charge in [0.1, 0.15) is 17.0 Å². The monoisotopic (exact) mass is 367 g/mol. The van der Waals surface area contributed by atoms with Crippen LogP contribution in [0.1, 0.15) is 12.5 Å². The van der Waals surface area contributed by atoms with Gasteiger partial charge in [-0.15, -0.1) is 0 Å². The molecule has 0 saturated heterocycles. The summed E-state index contributed by atoms with van der Waals surface area (Å²) in [6, 6.07) is 15.7. The second-order valence-electron chi connectivity index (χ2n) is 5.60. The molecule has 1 heterocycles. The van der Waals surface area contributed by atoms with Crippen molar-refractivity contribution in [2.45, 2.75) is 13.5 Å². The van der Waals surface area contributed by atoms with Gasteiger partial charge in [0, 0.05) is 23.8 Å². The second-order valence-corrected chi connectivity index (χ2v) is 6.01. The number of thiocarbonyl (C=S) groups is 1. The number of fused-ring (bicyclic) bond motifs is 1. The first-order chi connectivity index (χ1) is 12.7. The first-order valence-electron chi connectivity index (χ1n) is 8.39. The third kappa shape index (κ3) is 4.21. The fourth-order valence-electron chi connectivity index (χ4n) is 2.68. The molecule has 6 heteroatoms. The molecule has 0 spiro atoms. The fourth-order valence-corrected chi connectivity index (χ4v) is 2.86. The predicted molar refractivity (Wildman–Crippen MR) is 109 cm³/mol. The normalized spacial score (nSPS) is 10.4. The van der Waals surface area contributed by atoms with E-state index in [0.717, 1.165) is 33.7 Å². The third-order valence-electron chi connectivity index (χ3n) is 3.86. The molecule has 0 saturated carbocycles. The van der Waals surface area contributed by atoms with Crippen molar-refractivity contribution in [3.05, 3.63) is 60.3 Å². The van der Waals surface area contributed by atoms with Gasteiger partial charge in [0.2, 0.25) is 0 Å². The molecule has 3 rings (SSSR count). The Balaban J connectivity index is 1.69. The summed E-state index contributed by atoms with van der Waals surface area (Å²) in [7, 11) is 1.64. The van der Waals surface area contributed by atoms with Crippen LogP contribution in [0.4, 0.5) is 5.69 Å². The molecule has 1 aromatic heterocycles. The van der Waals surface area contributed by atoms with Crippen LogP contribution >= 0.6 is 12.2 Å². The van der Waals surface area contributed by atoms with Gasteiger partial charge in [-0.05, 0) is 61.1 Å². The molecule has 0 aliphatic carbocycles. The number of rotatable bonds is 6. The second kappa shape index (κ2) is 8.49. The number of hydrogen-bond donors (Lipinski definition) is 2. The standard InChI is InChI=1S/C20H21N3O2S/c1-3-25-15-7-4-6-14(12-15)13-22-20(26)23-17-9-10-18(24-2)19-16(17)8-5-11-21-19/h4-12H,3,13H2,1-2H3,(H2,22,23,26). The van der Waals surface area contributed by atoms with E-state index in [1.54, 1.807) is 13.3 Å². The number of pyridine rings is 1. The maximum absolute atomic E-state index is 5.52. The molecule has 0 radical (unpaired) electrons. The number of aromatic nitrogens is 1. The highest BCUT2D eigenvalue weighted by Gasteiger charge is 2.08. The van der Waals surface area contributed by atoms with Crippen molar-refractivity contribution < 1.29 is 9.47 Å². The molecule has 26 heavy (non-hydrogen) atoms. The summed E-state index contributed by atoms with van der Waals surface area (Å²) in [6.45, 7) is 3.23. The number of nitrogens with one attached hydrogen (secondary N) is 2. The van der Waals surface area contributed by atoms with Gasteiger partial charge >= 0.3 is 0 Å². The molecule has 0 aliphatic rings. The van der Waals surface area contributed by atoms with Crippen LogP contribution in [0.25, 0.3) is 10.9 Å². The highest BCUT2D eigenvalue weighted by atomic mass is 32.1. The van der Waals surface area contributed by atoms with E-state index in [9.17, 15) is 0 Å². The van der Waals surface area contributed by atoms with Gasteiger partial charge in [-0.3, -0.25) is 4.98 Å². The molecular weight excluding hydrogens is 346 g/mol. The van der Waals surface area contributed by atoms with Crippen molar-refractivity contribution in [2.75, 3.05) is 19.0 Å². The lowest BCUT2D eigenvalue weighted by molar-refractivity contribution is 0.340. The van der Waals surface area contributed by atoms with Crippen molar-refractivity contribution in [3.8, 4) is 11.5 Å². The van der Waals surface area contributed by atoms with Crippen LogP contribution in [0, 0.1) is 0 Å². The third-order valence-corrected chi connectivity index (χ3v) is 4.11. The van der Waals surface area contributed by atoms with E-state index in [1.807, 2.05) is 55.5 Å². The molecule has 0 bridgehead atoms. The first kappa shape index (κ1) is 17.9. The zero-order valence-corrected chi connectivity index (χ0v) is 15.6. The highest BCUT2D eigenvalue weighted by Crippen LogP contribution is 2.29. The molecule has 5 nitrogen and oxygen atoms in total. The predicted octanol–water partition coefficient (Wildman–Crippen LogP) is 4.13. The zero-order chi connectivity index (χ0) is 18.4. The summed E-state index contributed by atoms with van der Waals surface area (Å²) >= 11 is 5.44. The van der Waals surface area contributed by atoms with Crippen LogP contribution in [-0.4, -0.2) is 23.8 Å². The van der Waals surface area contributed by atoms with E-state index >= 15 is 0 Å². The molecule has 2 aromatic carbocycles. The molecular formula is C20H21N3O2S. The Morgan fingerprint density at radius 1 is 1.15 bits per heavy atom. The van der Waals surface area contributed by atoms with Gasteiger partial charge in [0.05, 0.1) is 13.7 Å². The van der Waals surface area contributed by atoms with Gasteiger partial charge in [0.15, 0.2) is 5.11 Å². The largest absolute Gasteiger partial charge is 0.494 e. The average molecular weight is 367 g/mol. The van der Waals surface area contributed by atoms with Gasteiger partial charge < -0.3 is 20.1 Å². The van der Waals surface area contributed by atoms with E-state index < -0.39 is 0 Å². The summed E-state index contributed by atoms with van der Waals surface area (Å²) in [5, 5.41) is 7.96. The average Bonchev–Trinajstić information content (AvgIpc) is 2.67. The number of anilines is 1. The Kier molecular flexibility index (Phi) is 5.86. The summed E-state index contributed by atoms with van der Waals surface area (Å²) in [6.07, 6.45) is 1.75.